The summed E-state index contributed by atoms with van der Waals surface area (Å²) in [6.45, 7) is 7.83. The maximum Gasteiger partial charge on any atom is 0.350 e. The van der Waals surface area contributed by atoms with Crippen LogP contribution in [0.3, 0.4) is 0 Å². The molecule has 90 valence electrons. The summed E-state index contributed by atoms with van der Waals surface area (Å²) in [4.78, 5) is 13.4. The summed E-state index contributed by atoms with van der Waals surface area (Å²) in [7, 11) is 0. The molecule has 0 aliphatic carbocycles. The zero-order chi connectivity index (χ0) is 12.4. The minimum atomic E-state index is -0.540. The minimum Gasteiger partial charge on any atom is -0.462 e. The van der Waals surface area contributed by atoms with Crippen LogP contribution < -0.4 is 0 Å². The third-order valence-corrected chi connectivity index (χ3v) is 1.95. The first-order valence-corrected chi connectivity index (χ1v) is 5.72. The van der Waals surface area contributed by atoms with Gasteiger partial charge in [0.2, 0.25) is 0 Å². The van der Waals surface area contributed by atoms with Gasteiger partial charge in [-0.2, -0.15) is 5.26 Å². The molecule has 0 N–H and O–H groups in total. The van der Waals surface area contributed by atoms with Gasteiger partial charge in [0, 0.05) is 19.3 Å². The van der Waals surface area contributed by atoms with Crippen molar-refractivity contribution in [3.8, 4) is 6.07 Å². The highest BCUT2D eigenvalue weighted by molar-refractivity contribution is 5.92. The van der Waals surface area contributed by atoms with E-state index in [1.807, 2.05) is 11.0 Å². The highest BCUT2D eigenvalue weighted by Crippen LogP contribution is 2.02. The SMILES string of the molecule is CCCN(/C=C(\C#N)C(=O)OCC)CCC. The molecule has 0 saturated heterocycles. The van der Waals surface area contributed by atoms with Crippen LogP contribution in [0.2, 0.25) is 0 Å². The van der Waals surface area contributed by atoms with Crippen LogP contribution >= 0.6 is 0 Å². The summed E-state index contributed by atoms with van der Waals surface area (Å²) >= 11 is 0. The molecule has 0 aliphatic heterocycles. The van der Waals surface area contributed by atoms with Crippen molar-refractivity contribution in [1.82, 2.24) is 4.90 Å². The number of carbonyl (C=O) groups excluding carboxylic acids is 1. The molecule has 0 spiro atoms. The van der Waals surface area contributed by atoms with Gasteiger partial charge in [0.1, 0.15) is 6.07 Å². The van der Waals surface area contributed by atoms with Gasteiger partial charge in [0.05, 0.1) is 6.61 Å². The van der Waals surface area contributed by atoms with Crippen LogP contribution in [0.5, 0.6) is 0 Å². The average Bonchev–Trinajstić information content (AvgIpc) is 2.26. The fourth-order valence-electron chi connectivity index (χ4n) is 1.33. The lowest BCUT2D eigenvalue weighted by Crippen LogP contribution is -2.21. The zero-order valence-electron chi connectivity index (χ0n) is 10.3. The summed E-state index contributed by atoms with van der Waals surface area (Å²) in [6.07, 6.45) is 3.57. The van der Waals surface area contributed by atoms with Gasteiger partial charge in [0.25, 0.3) is 0 Å². The second kappa shape index (κ2) is 8.78. The van der Waals surface area contributed by atoms with Crippen molar-refractivity contribution >= 4 is 5.97 Å². The molecule has 0 radical (unpaired) electrons. The van der Waals surface area contributed by atoms with Gasteiger partial charge in [-0.1, -0.05) is 13.8 Å². The Labute approximate surface area is 97.5 Å². The predicted octanol–water partition coefficient (Wildman–Crippen LogP) is 2.08. The molecule has 0 atom stereocenters. The quantitative estimate of drug-likeness (QED) is 0.377. The van der Waals surface area contributed by atoms with Crippen molar-refractivity contribution in [3.63, 3.8) is 0 Å². The maximum atomic E-state index is 11.4. The van der Waals surface area contributed by atoms with E-state index >= 15 is 0 Å². The third-order valence-electron chi connectivity index (χ3n) is 1.95. The van der Waals surface area contributed by atoms with Crippen molar-refractivity contribution in [2.75, 3.05) is 19.7 Å². The summed E-state index contributed by atoms with van der Waals surface area (Å²) < 4.78 is 4.80. The largest absolute Gasteiger partial charge is 0.462 e. The second-order valence-corrected chi connectivity index (χ2v) is 3.41. The van der Waals surface area contributed by atoms with Crippen LogP contribution in [0.1, 0.15) is 33.6 Å². The summed E-state index contributed by atoms with van der Waals surface area (Å²) in [5, 5.41) is 8.86. The number of hydrogen-bond acceptors (Lipinski definition) is 4. The number of nitriles is 1. The smallest absolute Gasteiger partial charge is 0.350 e. The molecular weight excluding hydrogens is 204 g/mol. The Morgan fingerprint density at radius 2 is 1.88 bits per heavy atom. The number of nitrogens with zero attached hydrogens (tertiary/aromatic N) is 2. The van der Waals surface area contributed by atoms with Crippen molar-refractivity contribution in [2.24, 2.45) is 0 Å². The van der Waals surface area contributed by atoms with E-state index in [-0.39, 0.29) is 5.57 Å². The molecule has 0 aromatic heterocycles. The molecule has 0 rings (SSSR count). The van der Waals surface area contributed by atoms with E-state index in [0.29, 0.717) is 6.61 Å². The number of ether oxygens (including phenoxy) is 1. The maximum absolute atomic E-state index is 11.4. The lowest BCUT2D eigenvalue weighted by Gasteiger charge is -2.18. The molecule has 16 heavy (non-hydrogen) atoms. The van der Waals surface area contributed by atoms with Crippen LogP contribution in [-0.4, -0.2) is 30.6 Å². The molecule has 4 heteroatoms. The highest BCUT2D eigenvalue weighted by Gasteiger charge is 2.11. The van der Waals surface area contributed by atoms with Crippen molar-refractivity contribution in [1.29, 1.82) is 5.26 Å². The first kappa shape index (κ1) is 14.5. The van der Waals surface area contributed by atoms with Crippen LogP contribution in [-0.2, 0) is 9.53 Å². The molecule has 4 nitrogen and oxygen atoms in total. The Kier molecular flexibility index (Phi) is 7.96. The van der Waals surface area contributed by atoms with Crippen LogP contribution in [0.25, 0.3) is 0 Å². The van der Waals surface area contributed by atoms with E-state index in [0.717, 1.165) is 25.9 Å². The third kappa shape index (κ3) is 5.40. The van der Waals surface area contributed by atoms with Crippen molar-refractivity contribution < 1.29 is 9.53 Å². The van der Waals surface area contributed by atoms with Crippen molar-refractivity contribution in [3.05, 3.63) is 11.8 Å². The van der Waals surface area contributed by atoms with E-state index in [1.165, 1.54) is 0 Å². The molecule has 0 heterocycles. The van der Waals surface area contributed by atoms with E-state index in [4.69, 9.17) is 10.00 Å². The minimum absolute atomic E-state index is 0.0729. The molecule has 0 unspecified atom stereocenters. The van der Waals surface area contributed by atoms with Crippen LogP contribution in [0.4, 0.5) is 0 Å². The number of hydrogen-bond donors (Lipinski definition) is 0. The normalized spacial score (nSPS) is 10.8. The van der Waals surface area contributed by atoms with Gasteiger partial charge in [0.15, 0.2) is 5.57 Å². The predicted molar refractivity (Wildman–Crippen MR) is 62.5 cm³/mol. The number of rotatable bonds is 7. The van der Waals surface area contributed by atoms with Crippen LogP contribution in [0, 0.1) is 11.3 Å². The Hall–Kier alpha value is -1.50. The molecule has 0 amide bonds. The fourth-order valence-corrected chi connectivity index (χ4v) is 1.33. The Balaban J connectivity index is 4.62. The van der Waals surface area contributed by atoms with Crippen LogP contribution in [0.15, 0.2) is 11.8 Å². The number of carbonyl (C=O) groups is 1. The zero-order valence-corrected chi connectivity index (χ0v) is 10.3. The molecule has 0 aromatic carbocycles. The topological polar surface area (TPSA) is 53.3 Å². The summed E-state index contributed by atoms with van der Waals surface area (Å²) in [5.41, 5.74) is 0.0729. The lowest BCUT2D eigenvalue weighted by molar-refractivity contribution is -0.138. The van der Waals surface area contributed by atoms with Gasteiger partial charge >= 0.3 is 5.97 Å². The molecule has 0 aromatic rings. The highest BCUT2D eigenvalue weighted by atomic mass is 16.5. The average molecular weight is 224 g/mol. The molecule has 0 fully saturated rings. The summed E-state index contributed by atoms with van der Waals surface area (Å²) in [5.74, 6) is -0.540. The Morgan fingerprint density at radius 3 is 2.25 bits per heavy atom. The Bertz CT molecular complexity index is 273. The monoisotopic (exact) mass is 224 g/mol. The van der Waals surface area contributed by atoms with Gasteiger partial charge in [-0.25, -0.2) is 4.79 Å². The second-order valence-electron chi connectivity index (χ2n) is 3.41. The standard InChI is InChI=1S/C12H20N2O2/c1-4-7-14(8-5-2)10-11(9-13)12(15)16-6-3/h10H,4-8H2,1-3H3/b11-10+. The van der Waals surface area contributed by atoms with E-state index < -0.39 is 5.97 Å². The van der Waals surface area contributed by atoms with Gasteiger partial charge in [-0.15, -0.1) is 0 Å². The first-order chi connectivity index (χ1) is 7.69. The van der Waals surface area contributed by atoms with Crippen molar-refractivity contribution in [2.45, 2.75) is 33.6 Å². The lowest BCUT2D eigenvalue weighted by atomic mass is 10.3. The Morgan fingerprint density at radius 1 is 1.31 bits per heavy atom. The summed E-state index contributed by atoms with van der Waals surface area (Å²) in [6, 6.07) is 1.88. The molecule has 0 aliphatic rings. The van der Waals surface area contributed by atoms with E-state index in [2.05, 4.69) is 13.8 Å². The van der Waals surface area contributed by atoms with Gasteiger partial charge in [-0.05, 0) is 19.8 Å². The van der Waals surface area contributed by atoms with Gasteiger partial charge < -0.3 is 9.64 Å². The molecular formula is C12H20N2O2. The van der Waals surface area contributed by atoms with E-state index in [9.17, 15) is 4.79 Å². The first-order valence-electron chi connectivity index (χ1n) is 5.72. The molecule has 0 bridgehead atoms. The van der Waals surface area contributed by atoms with E-state index in [1.54, 1.807) is 13.1 Å². The van der Waals surface area contributed by atoms with Gasteiger partial charge in [-0.3, -0.25) is 0 Å². The fraction of sp³-hybridized carbons (Fsp3) is 0.667. The molecule has 0 saturated carbocycles. The number of esters is 1.